The zero-order valence-electron chi connectivity index (χ0n) is 15.8. The van der Waals surface area contributed by atoms with Crippen molar-refractivity contribution in [2.75, 3.05) is 39.3 Å². The van der Waals surface area contributed by atoms with Crippen LogP contribution in [-0.2, 0) is 11.3 Å². The van der Waals surface area contributed by atoms with Crippen LogP contribution in [0, 0.1) is 5.82 Å². The zero-order valence-corrected chi connectivity index (χ0v) is 15.8. The molecule has 8 heteroatoms. The number of piperazine rings is 1. The number of benzene rings is 1. The summed E-state index contributed by atoms with van der Waals surface area (Å²) in [4.78, 5) is 4.84. The van der Waals surface area contributed by atoms with Gasteiger partial charge in [0, 0.05) is 32.8 Å². The van der Waals surface area contributed by atoms with Gasteiger partial charge in [-0.1, -0.05) is 19.1 Å². The average molecular weight is 374 g/mol. The summed E-state index contributed by atoms with van der Waals surface area (Å²) in [6.07, 6.45) is 2.29. The topological polar surface area (TPSA) is 59.3 Å². The van der Waals surface area contributed by atoms with Crippen LogP contribution >= 0.6 is 0 Å². The van der Waals surface area contributed by atoms with Crippen LogP contribution in [0.5, 0.6) is 0 Å². The highest BCUT2D eigenvalue weighted by Gasteiger charge is 2.31. The van der Waals surface area contributed by atoms with E-state index in [1.165, 1.54) is 12.1 Å². The molecule has 0 N–H and O–H groups in total. The highest BCUT2D eigenvalue weighted by molar-refractivity contribution is 5.25. The number of aromatic nitrogens is 4. The van der Waals surface area contributed by atoms with Crippen molar-refractivity contribution in [2.45, 2.75) is 38.5 Å². The van der Waals surface area contributed by atoms with Crippen LogP contribution in [0.4, 0.5) is 4.39 Å². The summed E-state index contributed by atoms with van der Waals surface area (Å²) in [5, 5.41) is 12.6. The van der Waals surface area contributed by atoms with Crippen LogP contribution in [0.25, 0.3) is 0 Å². The molecule has 3 heterocycles. The molecule has 0 aliphatic carbocycles. The second kappa shape index (κ2) is 8.41. The van der Waals surface area contributed by atoms with Crippen molar-refractivity contribution in [3.8, 4) is 0 Å². The minimum Gasteiger partial charge on any atom is -0.376 e. The highest BCUT2D eigenvalue weighted by Crippen LogP contribution is 2.29. The maximum Gasteiger partial charge on any atom is 0.173 e. The molecule has 0 bridgehead atoms. The van der Waals surface area contributed by atoms with E-state index in [-0.39, 0.29) is 18.0 Å². The maximum atomic E-state index is 13.5. The number of halogens is 1. The fourth-order valence-electron chi connectivity index (χ4n) is 4.02. The quantitative estimate of drug-likeness (QED) is 0.767. The van der Waals surface area contributed by atoms with Gasteiger partial charge >= 0.3 is 0 Å². The molecule has 0 unspecified atom stereocenters. The van der Waals surface area contributed by atoms with Crippen LogP contribution in [0.2, 0.25) is 0 Å². The Labute approximate surface area is 159 Å². The molecule has 2 aliphatic rings. The molecule has 1 aromatic heterocycles. The zero-order chi connectivity index (χ0) is 18.6. The molecule has 2 saturated heterocycles. The fourth-order valence-corrected chi connectivity index (χ4v) is 4.02. The van der Waals surface area contributed by atoms with Gasteiger partial charge in [-0.05, 0) is 47.5 Å². The lowest BCUT2D eigenvalue weighted by molar-refractivity contribution is 0.0861. The minimum atomic E-state index is -0.229. The minimum absolute atomic E-state index is 0.0824. The molecule has 2 aromatic rings. The first-order valence-electron chi connectivity index (χ1n) is 9.84. The van der Waals surface area contributed by atoms with Crippen molar-refractivity contribution < 1.29 is 9.13 Å². The lowest BCUT2D eigenvalue weighted by atomic mass is 10.0. The van der Waals surface area contributed by atoms with E-state index in [2.05, 4.69) is 32.2 Å². The third-order valence-electron chi connectivity index (χ3n) is 5.61. The van der Waals surface area contributed by atoms with Gasteiger partial charge in [0.15, 0.2) is 5.82 Å². The van der Waals surface area contributed by atoms with Gasteiger partial charge in [-0.15, -0.1) is 5.10 Å². The number of hydrogen-bond donors (Lipinski definition) is 0. The van der Waals surface area contributed by atoms with Gasteiger partial charge in [-0.2, -0.15) is 0 Å². The third-order valence-corrected chi connectivity index (χ3v) is 5.61. The van der Waals surface area contributed by atoms with E-state index in [4.69, 9.17) is 4.74 Å². The summed E-state index contributed by atoms with van der Waals surface area (Å²) in [6.45, 7) is 8.62. The van der Waals surface area contributed by atoms with E-state index in [9.17, 15) is 4.39 Å². The standard InChI is InChI=1S/C19H27FN6O/c1-2-24-9-11-25(12-10-24)18(15-5-7-16(20)8-6-15)19-21-22-23-26(19)14-17-4-3-13-27-17/h5-8,17-18H,2-4,9-14H2,1H3/t17-,18-/m1/s1. The van der Waals surface area contributed by atoms with Gasteiger partial charge in [0.2, 0.25) is 0 Å². The summed E-state index contributed by atoms with van der Waals surface area (Å²) >= 11 is 0. The van der Waals surface area contributed by atoms with Gasteiger partial charge in [0.05, 0.1) is 18.7 Å². The lowest BCUT2D eigenvalue weighted by Crippen LogP contribution is -2.48. The van der Waals surface area contributed by atoms with E-state index in [0.29, 0.717) is 6.54 Å². The monoisotopic (exact) mass is 374 g/mol. The molecule has 146 valence electrons. The second-order valence-electron chi connectivity index (χ2n) is 7.28. The third kappa shape index (κ3) is 4.17. The molecular formula is C19H27FN6O. The van der Waals surface area contributed by atoms with E-state index in [0.717, 1.165) is 63.6 Å². The van der Waals surface area contributed by atoms with Crippen molar-refractivity contribution >= 4 is 0 Å². The summed E-state index contributed by atoms with van der Waals surface area (Å²) in [5.74, 6) is 0.578. The molecule has 2 aliphatic heterocycles. The first-order chi connectivity index (χ1) is 13.2. The molecule has 0 amide bonds. The van der Waals surface area contributed by atoms with E-state index >= 15 is 0 Å². The van der Waals surface area contributed by atoms with Crippen LogP contribution in [0.3, 0.4) is 0 Å². The summed E-state index contributed by atoms with van der Waals surface area (Å²) in [6, 6.07) is 6.63. The van der Waals surface area contributed by atoms with Gasteiger partial charge in [0.25, 0.3) is 0 Å². The molecule has 1 aromatic carbocycles. The van der Waals surface area contributed by atoms with Crippen molar-refractivity contribution in [2.24, 2.45) is 0 Å². The SMILES string of the molecule is CCN1CCN([C@H](c2ccc(F)cc2)c2nnnn2C[C@H]2CCCO2)CC1. The van der Waals surface area contributed by atoms with Gasteiger partial charge in [-0.25, -0.2) is 9.07 Å². The molecule has 2 fully saturated rings. The van der Waals surface area contributed by atoms with Crippen molar-refractivity contribution in [1.29, 1.82) is 0 Å². The van der Waals surface area contributed by atoms with Crippen molar-refractivity contribution in [3.05, 3.63) is 41.5 Å². The highest BCUT2D eigenvalue weighted by atomic mass is 19.1. The van der Waals surface area contributed by atoms with Gasteiger partial charge < -0.3 is 9.64 Å². The van der Waals surface area contributed by atoms with Crippen LogP contribution in [0.15, 0.2) is 24.3 Å². The first kappa shape index (κ1) is 18.5. The molecule has 0 spiro atoms. The second-order valence-corrected chi connectivity index (χ2v) is 7.28. The van der Waals surface area contributed by atoms with Crippen LogP contribution in [0.1, 0.15) is 37.2 Å². The molecule has 0 saturated carbocycles. The van der Waals surface area contributed by atoms with Gasteiger partial charge in [-0.3, -0.25) is 4.90 Å². The Morgan fingerprint density at radius 1 is 1.19 bits per heavy atom. The van der Waals surface area contributed by atoms with Crippen LogP contribution in [-0.4, -0.2) is 75.4 Å². The molecule has 0 radical (unpaired) electrons. The summed E-state index contributed by atoms with van der Waals surface area (Å²) < 4.78 is 21.1. The Morgan fingerprint density at radius 2 is 1.96 bits per heavy atom. The molecule has 7 nitrogen and oxygen atoms in total. The largest absolute Gasteiger partial charge is 0.376 e. The Balaban J connectivity index is 1.62. The van der Waals surface area contributed by atoms with Gasteiger partial charge in [0.1, 0.15) is 5.82 Å². The average Bonchev–Trinajstić information content (AvgIpc) is 3.37. The summed E-state index contributed by atoms with van der Waals surface area (Å²) in [7, 11) is 0. The smallest absolute Gasteiger partial charge is 0.173 e. The normalized spacial score (nSPS) is 23.0. The number of nitrogens with zero attached hydrogens (tertiary/aromatic N) is 6. The number of ether oxygens (including phenoxy) is 1. The number of hydrogen-bond acceptors (Lipinski definition) is 6. The first-order valence-corrected chi connectivity index (χ1v) is 9.84. The maximum absolute atomic E-state index is 13.5. The number of rotatable bonds is 6. The number of tetrazole rings is 1. The molecule has 4 rings (SSSR count). The van der Waals surface area contributed by atoms with Crippen molar-refractivity contribution in [1.82, 2.24) is 30.0 Å². The lowest BCUT2D eigenvalue weighted by Gasteiger charge is -2.38. The Morgan fingerprint density at radius 3 is 2.63 bits per heavy atom. The Bertz CT molecular complexity index is 722. The Hall–Kier alpha value is -1.90. The Kier molecular flexibility index (Phi) is 5.75. The molecule has 2 atom stereocenters. The number of likely N-dealkylation sites (N-methyl/N-ethyl adjacent to an activating group) is 1. The molecular weight excluding hydrogens is 347 g/mol. The van der Waals surface area contributed by atoms with Crippen LogP contribution < -0.4 is 0 Å². The molecule has 27 heavy (non-hydrogen) atoms. The predicted octanol–water partition coefficient (Wildman–Crippen LogP) is 1.72. The predicted molar refractivity (Wildman–Crippen MR) is 98.7 cm³/mol. The van der Waals surface area contributed by atoms with E-state index in [1.807, 2.05) is 16.8 Å². The van der Waals surface area contributed by atoms with E-state index < -0.39 is 0 Å². The summed E-state index contributed by atoms with van der Waals surface area (Å²) in [5.41, 5.74) is 1.02. The fraction of sp³-hybridized carbons (Fsp3) is 0.632. The van der Waals surface area contributed by atoms with E-state index in [1.54, 1.807) is 0 Å². The van der Waals surface area contributed by atoms with Crippen molar-refractivity contribution in [3.63, 3.8) is 0 Å².